The van der Waals surface area contributed by atoms with Gasteiger partial charge in [0.15, 0.2) is 25.7 Å². The summed E-state index contributed by atoms with van der Waals surface area (Å²) in [5.74, 6) is -1.20. The zero-order valence-electron chi connectivity index (χ0n) is 27.0. The summed E-state index contributed by atoms with van der Waals surface area (Å²) in [4.78, 5) is 39.3. The molecule has 2 aromatic carbocycles. The Kier molecular flexibility index (Phi) is 8.81. The molecule has 48 heavy (non-hydrogen) atoms. The van der Waals surface area contributed by atoms with Gasteiger partial charge in [-0.15, -0.1) is 0 Å². The number of hydrogen-bond acceptors (Lipinski definition) is 9. The zero-order valence-corrected chi connectivity index (χ0v) is 29.4. The smallest absolute Gasteiger partial charge is 0.276 e. The van der Waals surface area contributed by atoms with E-state index in [-0.39, 0.29) is 65.2 Å². The van der Waals surface area contributed by atoms with E-state index in [9.17, 15) is 18.0 Å². The number of benzene rings is 2. The van der Waals surface area contributed by atoms with E-state index in [1.807, 2.05) is 19.9 Å². The minimum Gasteiger partial charge on any atom is -0.375 e. The minimum atomic E-state index is -4.21. The first-order chi connectivity index (χ1) is 22.7. The Bertz CT molecular complexity index is 2330. The van der Waals surface area contributed by atoms with Crippen molar-refractivity contribution >= 4 is 70.6 Å². The highest BCUT2D eigenvalue weighted by Gasteiger charge is 2.34. The molecule has 1 amide bonds. The lowest BCUT2D eigenvalue weighted by Gasteiger charge is -2.37. The van der Waals surface area contributed by atoms with E-state index >= 15 is 4.39 Å². The molecule has 250 valence electrons. The monoisotopic (exact) mass is 708 g/mol. The Labute approximate surface area is 286 Å². The fraction of sp³-hybridized carbons (Fsp3) is 0.294. The third kappa shape index (κ3) is 5.63. The number of thiazole rings is 1. The number of nitrogens with zero attached hydrogens (tertiary/aromatic N) is 5. The van der Waals surface area contributed by atoms with Gasteiger partial charge in [-0.3, -0.25) is 19.1 Å². The van der Waals surface area contributed by atoms with Crippen molar-refractivity contribution in [2.45, 2.75) is 38.5 Å². The standard InChI is InChI=1S/C34H34ClFN6O4S2/c1-6-8-24(43)40-13-15-41(16-14-40)31-21-17-22(35)25(20-9-7-10-23-28(20)39-34(37)47-23)26(36)30(21)42(33(44)32(31)48(5,45)46)29-19(4)11-12-38-27(29)18(2)3/h6-12,17-18H,13-16H2,1-5H3,(H2,37,39)/b8-6+. The van der Waals surface area contributed by atoms with Gasteiger partial charge >= 0.3 is 0 Å². The quantitative estimate of drug-likeness (QED) is 0.210. The number of nitrogens with two attached hydrogens (primary N) is 1. The second-order valence-corrected chi connectivity index (χ2v) is 15.5. The maximum Gasteiger partial charge on any atom is 0.276 e. The number of rotatable bonds is 6. The van der Waals surface area contributed by atoms with Gasteiger partial charge in [-0.05, 0) is 49.6 Å². The Hall–Kier alpha value is -4.33. The molecule has 4 heterocycles. The van der Waals surface area contributed by atoms with E-state index in [4.69, 9.17) is 17.3 Å². The Morgan fingerprint density at radius 3 is 2.50 bits per heavy atom. The molecule has 1 saturated heterocycles. The Morgan fingerprint density at radius 1 is 1.15 bits per heavy atom. The third-order valence-corrected chi connectivity index (χ3v) is 10.8. The third-order valence-electron chi connectivity index (χ3n) is 8.50. The highest BCUT2D eigenvalue weighted by atomic mass is 35.5. The van der Waals surface area contributed by atoms with Gasteiger partial charge in [0.25, 0.3) is 5.56 Å². The number of nitrogen functional groups attached to an aromatic ring is 1. The first kappa shape index (κ1) is 33.6. The highest BCUT2D eigenvalue weighted by Crippen LogP contribution is 2.44. The summed E-state index contributed by atoms with van der Waals surface area (Å²) in [6, 6.07) is 8.46. The molecule has 0 atom stereocenters. The van der Waals surface area contributed by atoms with Crippen LogP contribution in [0.25, 0.3) is 37.9 Å². The number of anilines is 2. The molecule has 0 radical (unpaired) electrons. The van der Waals surface area contributed by atoms with Gasteiger partial charge in [-0.2, -0.15) is 0 Å². The molecule has 10 nitrogen and oxygen atoms in total. The van der Waals surface area contributed by atoms with Crippen LogP contribution in [0.15, 0.2) is 58.4 Å². The van der Waals surface area contributed by atoms with Crippen LogP contribution in [0, 0.1) is 12.7 Å². The lowest BCUT2D eigenvalue weighted by atomic mass is 9.99. The molecule has 1 fully saturated rings. The van der Waals surface area contributed by atoms with Crippen LogP contribution < -0.4 is 16.2 Å². The first-order valence-electron chi connectivity index (χ1n) is 15.3. The normalized spacial score (nSPS) is 14.2. The number of aryl methyl sites for hydroxylation is 1. The molecule has 0 aliphatic carbocycles. The van der Waals surface area contributed by atoms with Crippen LogP contribution in [0.4, 0.5) is 15.2 Å². The largest absolute Gasteiger partial charge is 0.375 e. The van der Waals surface area contributed by atoms with Gasteiger partial charge in [0, 0.05) is 55.1 Å². The van der Waals surface area contributed by atoms with Crippen LogP contribution in [-0.4, -0.2) is 66.2 Å². The first-order valence-corrected chi connectivity index (χ1v) is 18.4. The molecule has 0 saturated carbocycles. The number of halogens is 2. The van der Waals surface area contributed by atoms with Crippen LogP contribution in [-0.2, 0) is 14.6 Å². The van der Waals surface area contributed by atoms with Crippen molar-refractivity contribution in [1.82, 2.24) is 19.4 Å². The number of para-hydroxylation sites is 1. The topological polar surface area (TPSA) is 131 Å². The van der Waals surface area contributed by atoms with Gasteiger partial charge in [-0.25, -0.2) is 17.8 Å². The molecule has 1 aliphatic rings. The van der Waals surface area contributed by atoms with Gasteiger partial charge in [-0.1, -0.05) is 55.0 Å². The van der Waals surface area contributed by atoms with E-state index in [0.717, 1.165) is 15.5 Å². The molecule has 0 bridgehead atoms. The summed E-state index contributed by atoms with van der Waals surface area (Å²) in [5.41, 5.74) is 7.23. The zero-order chi connectivity index (χ0) is 34.7. The molecule has 14 heteroatoms. The fourth-order valence-corrected chi connectivity index (χ4v) is 8.45. The van der Waals surface area contributed by atoms with Crippen molar-refractivity contribution in [2.24, 2.45) is 0 Å². The maximum atomic E-state index is 17.6. The van der Waals surface area contributed by atoms with Gasteiger partial charge in [0.1, 0.15) is 0 Å². The summed E-state index contributed by atoms with van der Waals surface area (Å²) in [6.45, 7) is 8.23. The number of piperazine rings is 1. The molecule has 6 rings (SSSR count). The number of fused-ring (bicyclic) bond motifs is 2. The fourth-order valence-electron chi connectivity index (χ4n) is 6.39. The number of carbonyl (C=O) groups is 1. The summed E-state index contributed by atoms with van der Waals surface area (Å²) in [5, 5.41) is 0.433. The van der Waals surface area contributed by atoms with E-state index in [1.54, 1.807) is 54.1 Å². The van der Waals surface area contributed by atoms with Crippen LogP contribution in [0.3, 0.4) is 0 Å². The summed E-state index contributed by atoms with van der Waals surface area (Å²) in [7, 11) is -4.21. The van der Waals surface area contributed by atoms with Gasteiger partial charge in [0.05, 0.1) is 37.8 Å². The molecular formula is C34H34ClFN6O4S2. The van der Waals surface area contributed by atoms with E-state index in [0.29, 0.717) is 33.2 Å². The molecular weight excluding hydrogens is 675 g/mol. The number of carbonyl (C=O) groups excluding carboxylic acids is 1. The van der Waals surface area contributed by atoms with Crippen molar-refractivity contribution in [2.75, 3.05) is 43.1 Å². The number of pyridine rings is 2. The van der Waals surface area contributed by atoms with Crippen LogP contribution in [0.1, 0.15) is 37.9 Å². The van der Waals surface area contributed by atoms with Crippen LogP contribution in [0.2, 0.25) is 5.02 Å². The van der Waals surface area contributed by atoms with Crippen molar-refractivity contribution in [1.29, 1.82) is 0 Å². The summed E-state index contributed by atoms with van der Waals surface area (Å²) in [6.07, 6.45) is 5.68. The Morgan fingerprint density at radius 2 is 1.85 bits per heavy atom. The van der Waals surface area contributed by atoms with Gasteiger partial charge < -0.3 is 15.5 Å². The van der Waals surface area contributed by atoms with Gasteiger partial charge in [0.2, 0.25) is 5.91 Å². The van der Waals surface area contributed by atoms with E-state index in [1.165, 1.54) is 23.5 Å². The molecule has 1 aliphatic heterocycles. The SMILES string of the molecule is C/C=C/C(=O)N1CCN(c2c(S(C)(=O)=O)c(=O)n(-c3c(C)ccnc3C(C)C)c3c(F)c(-c4cccc5sc(N)nc45)c(Cl)cc23)CC1. The predicted molar refractivity (Wildman–Crippen MR) is 191 cm³/mol. The van der Waals surface area contributed by atoms with Crippen molar-refractivity contribution in [3.05, 3.63) is 81.1 Å². The second-order valence-electron chi connectivity index (χ2n) is 12.1. The lowest BCUT2D eigenvalue weighted by Crippen LogP contribution is -2.49. The van der Waals surface area contributed by atoms with Crippen molar-refractivity contribution in [3.8, 4) is 16.8 Å². The number of sulfone groups is 1. The molecule has 5 aromatic rings. The average Bonchev–Trinajstić information content (AvgIpc) is 3.41. The molecule has 2 N–H and O–H groups in total. The van der Waals surface area contributed by atoms with Crippen LogP contribution >= 0.6 is 22.9 Å². The lowest BCUT2D eigenvalue weighted by molar-refractivity contribution is -0.126. The predicted octanol–water partition coefficient (Wildman–Crippen LogP) is 6.10. The number of hydrogen-bond donors (Lipinski definition) is 1. The number of amides is 1. The maximum absolute atomic E-state index is 17.6. The molecule has 0 unspecified atom stereocenters. The highest BCUT2D eigenvalue weighted by molar-refractivity contribution is 7.90. The van der Waals surface area contributed by atoms with E-state index < -0.39 is 26.1 Å². The second kappa shape index (κ2) is 12.6. The minimum absolute atomic E-state index is 0.000631. The average molecular weight is 709 g/mol. The summed E-state index contributed by atoms with van der Waals surface area (Å²) >= 11 is 8.20. The van der Waals surface area contributed by atoms with Crippen molar-refractivity contribution < 1.29 is 17.6 Å². The molecule has 3 aromatic heterocycles. The number of allylic oxidation sites excluding steroid dienone is 1. The number of aromatic nitrogens is 3. The summed E-state index contributed by atoms with van der Waals surface area (Å²) < 4.78 is 46.8. The van der Waals surface area contributed by atoms with Crippen LogP contribution in [0.5, 0.6) is 0 Å². The Balaban J connectivity index is 1.77. The molecule has 0 spiro atoms. The van der Waals surface area contributed by atoms with E-state index in [2.05, 4.69) is 9.97 Å². The van der Waals surface area contributed by atoms with Crippen molar-refractivity contribution in [3.63, 3.8) is 0 Å².